The van der Waals surface area contributed by atoms with Crippen molar-refractivity contribution >= 4 is 0 Å². The van der Waals surface area contributed by atoms with Crippen LogP contribution >= 0.6 is 0 Å². The largest absolute Gasteiger partial charge is 0.490 e. The topological polar surface area (TPSA) is 41.5 Å². The maximum Gasteiger partial charge on any atom is 0.123 e. The Kier molecular flexibility index (Phi) is 3.46. The molecule has 1 aromatic rings. The molecule has 0 saturated heterocycles. The van der Waals surface area contributed by atoms with Crippen molar-refractivity contribution < 1.29 is 14.2 Å². The lowest BCUT2D eigenvalue weighted by molar-refractivity contribution is 0.139. The van der Waals surface area contributed by atoms with Crippen LogP contribution in [0.5, 0.6) is 5.75 Å². The molecule has 2 atom stereocenters. The van der Waals surface area contributed by atoms with Crippen molar-refractivity contribution in [2.45, 2.75) is 49.8 Å². The highest BCUT2D eigenvalue weighted by Gasteiger charge is 2.42. The lowest BCUT2D eigenvalue weighted by Gasteiger charge is -2.28. The fourth-order valence-corrected chi connectivity index (χ4v) is 2.86. The van der Waals surface area contributed by atoms with E-state index in [1.165, 1.54) is 25.0 Å². The van der Waals surface area contributed by atoms with E-state index < -0.39 is 0 Å². The van der Waals surface area contributed by atoms with Gasteiger partial charge in [-0.1, -0.05) is 0 Å². The van der Waals surface area contributed by atoms with Gasteiger partial charge in [0.25, 0.3) is 0 Å². The molecule has 4 heteroatoms. The summed E-state index contributed by atoms with van der Waals surface area (Å²) in [4.78, 5) is 0. The quantitative estimate of drug-likeness (QED) is 0.858. The van der Waals surface area contributed by atoms with Crippen LogP contribution in [0.15, 0.2) is 24.3 Å². The second-order valence-corrected chi connectivity index (χ2v) is 5.79. The van der Waals surface area contributed by atoms with Gasteiger partial charge in [0.2, 0.25) is 0 Å². The van der Waals surface area contributed by atoms with E-state index in [0.29, 0.717) is 11.8 Å². The Morgan fingerprint density at radius 3 is 2.63 bits per heavy atom. The monoisotopic (exact) mass is 265 g/mol. The molecule has 3 rings (SSSR count). The zero-order chi connectivity index (χ0) is 13.3. The number of rotatable bonds is 5. The molecule has 2 aliphatic rings. The Bertz CT molecular complexity index is 432. The van der Waals surface area contributed by atoms with Crippen molar-refractivity contribution in [2.24, 2.45) is 0 Å². The van der Waals surface area contributed by atoms with Gasteiger partial charge in [-0.05, 0) is 49.9 Å². The molecule has 2 N–H and O–H groups in total. The highest BCUT2D eigenvalue weighted by Crippen LogP contribution is 2.35. The van der Waals surface area contributed by atoms with E-state index in [1.54, 1.807) is 12.1 Å². The van der Waals surface area contributed by atoms with Crippen LogP contribution in [0.25, 0.3) is 0 Å². The van der Waals surface area contributed by atoms with Crippen molar-refractivity contribution in [1.29, 1.82) is 0 Å². The normalized spacial score (nSPS) is 30.5. The van der Waals surface area contributed by atoms with E-state index in [0.717, 1.165) is 19.3 Å². The van der Waals surface area contributed by atoms with Crippen LogP contribution < -0.4 is 10.1 Å². The average Bonchev–Trinajstić information content (AvgIpc) is 3.13. The molecule has 3 nitrogen and oxygen atoms in total. The van der Waals surface area contributed by atoms with E-state index in [9.17, 15) is 9.50 Å². The third kappa shape index (κ3) is 3.07. The Morgan fingerprint density at radius 2 is 2.00 bits per heavy atom. The molecule has 1 aromatic carbocycles. The van der Waals surface area contributed by atoms with Crippen LogP contribution in [0.1, 0.15) is 32.1 Å². The highest BCUT2D eigenvalue weighted by molar-refractivity contribution is 5.22. The maximum absolute atomic E-state index is 12.8. The van der Waals surface area contributed by atoms with Crippen molar-refractivity contribution in [3.8, 4) is 5.75 Å². The molecule has 0 bridgehead atoms. The summed E-state index contributed by atoms with van der Waals surface area (Å²) < 4.78 is 18.7. The molecule has 19 heavy (non-hydrogen) atoms. The summed E-state index contributed by atoms with van der Waals surface area (Å²) in [6.45, 7) is 0.160. The predicted molar refractivity (Wildman–Crippen MR) is 70.6 cm³/mol. The standard InChI is InChI=1S/C15H20FNO2/c16-11-1-5-13(6-2-11)19-14-7-8-15(9-14,10-18)17-12-3-4-12/h1-2,5-6,12,14,17-18H,3-4,7-10H2. The molecule has 2 aliphatic carbocycles. The summed E-state index contributed by atoms with van der Waals surface area (Å²) in [5.74, 6) is 0.449. The lowest BCUT2D eigenvalue weighted by atomic mass is 9.98. The Balaban J connectivity index is 1.59. The predicted octanol–water partition coefficient (Wildman–Crippen LogP) is 2.24. The van der Waals surface area contributed by atoms with Gasteiger partial charge >= 0.3 is 0 Å². The third-order valence-corrected chi connectivity index (χ3v) is 4.07. The van der Waals surface area contributed by atoms with E-state index in [1.807, 2.05) is 0 Å². The number of nitrogens with one attached hydrogen (secondary N) is 1. The Hall–Kier alpha value is -1.13. The zero-order valence-electron chi connectivity index (χ0n) is 10.9. The minimum absolute atomic E-state index is 0.101. The van der Waals surface area contributed by atoms with Crippen LogP contribution in [-0.4, -0.2) is 29.4 Å². The molecule has 0 aromatic heterocycles. The molecule has 104 valence electrons. The van der Waals surface area contributed by atoms with Gasteiger partial charge in [-0.2, -0.15) is 0 Å². The Labute approximate surface area is 112 Å². The molecule has 0 spiro atoms. The second kappa shape index (κ2) is 5.10. The molecular formula is C15H20FNO2. The molecular weight excluding hydrogens is 245 g/mol. The first-order chi connectivity index (χ1) is 9.19. The van der Waals surface area contributed by atoms with Crippen LogP contribution in [0, 0.1) is 5.82 Å². The van der Waals surface area contributed by atoms with Crippen LogP contribution in [0.4, 0.5) is 4.39 Å². The van der Waals surface area contributed by atoms with Crippen molar-refractivity contribution in [1.82, 2.24) is 5.32 Å². The van der Waals surface area contributed by atoms with Crippen LogP contribution in [0.2, 0.25) is 0 Å². The zero-order valence-corrected chi connectivity index (χ0v) is 10.9. The van der Waals surface area contributed by atoms with E-state index >= 15 is 0 Å². The SMILES string of the molecule is OCC1(NC2CC2)CCC(Oc2ccc(F)cc2)C1. The van der Waals surface area contributed by atoms with Crippen molar-refractivity contribution in [3.05, 3.63) is 30.1 Å². The van der Waals surface area contributed by atoms with Gasteiger partial charge in [-0.3, -0.25) is 0 Å². The van der Waals surface area contributed by atoms with Crippen molar-refractivity contribution in [2.75, 3.05) is 6.61 Å². The average molecular weight is 265 g/mol. The maximum atomic E-state index is 12.8. The number of hydrogen-bond donors (Lipinski definition) is 2. The molecule has 2 fully saturated rings. The minimum Gasteiger partial charge on any atom is -0.490 e. The summed E-state index contributed by atoms with van der Waals surface area (Å²) in [7, 11) is 0. The smallest absolute Gasteiger partial charge is 0.123 e. The fraction of sp³-hybridized carbons (Fsp3) is 0.600. The number of hydrogen-bond acceptors (Lipinski definition) is 3. The number of aliphatic hydroxyl groups is 1. The minimum atomic E-state index is -0.251. The molecule has 2 saturated carbocycles. The van der Waals surface area contributed by atoms with Gasteiger partial charge in [0.15, 0.2) is 0 Å². The van der Waals surface area contributed by atoms with E-state index in [4.69, 9.17) is 4.74 Å². The van der Waals surface area contributed by atoms with Gasteiger partial charge in [-0.15, -0.1) is 0 Å². The van der Waals surface area contributed by atoms with Crippen molar-refractivity contribution in [3.63, 3.8) is 0 Å². The first kappa shape index (κ1) is 12.9. The molecule has 2 unspecified atom stereocenters. The fourth-order valence-electron chi connectivity index (χ4n) is 2.86. The summed E-state index contributed by atoms with van der Waals surface area (Å²) in [6, 6.07) is 6.71. The first-order valence-electron chi connectivity index (χ1n) is 7.00. The molecule has 0 amide bonds. The highest BCUT2D eigenvalue weighted by atomic mass is 19.1. The Morgan fingerprint density at radius 1 is 1.26 bits per heavy atom. The van der Waals surface area contributed by atoms with Gasteiger partial charge in [-0.25, -0.2) is 4.39 Å². The molecule has 0 aliphatic heterocycles. The van der Waals surface area contributed by atoms with Gasteiger partial charge in [0.05, 0.1) is 6.61 Å². The molecule has 0 radical (unpaired) electrons. The lowest BCUT2D eigenvalue weighted by Crippen LogP contribution is -2.48. The third-order valence-electron chi connectivity index (χ3n) is 4.07. The summed E-state index contributed by atoms with van der Waals surface area (Å²) >= 11 is 0. The summed E-state index contributed by atoms with van der Waals surface area (Å²) in [5.41, 5.74) is -0.175. The van der Waals surface area contributed by atoms with E-state index in [2.05, 4.69) is 5.32 Å². The summed E-state index contributed by atoms with van der Waals surface area (Å²) in [6.07, 6.45) is 5.21. The number of aliphatic hydroxyl groups excluding tert-OH is 1. The first-order valence-corrected chi connectivity index (χ1v) is 7.00. The van der Waals surface area contributed by atoms with Gasteiger partial charge in [0, 0.05) is 18.0 Å². The molecule has 0 heterocycles. The number of halogens is 1. The van der Waals surface area contributed by atoms with Crippen LogP contribution in [-0.2, 0) is 0 Å². The van der Waals surface area contributed by atoms with Gasteiger partial charge in [0.1, 0.15) is 17.7 Å². The number of ether oxygens (including phenoxy) is 1. The summed E-state index contributed by atoms with van der Waals surface area (Å²) in [5, 5.41) is 13.2. The van der Waals surface area contributed by atoms with Crippen LogP contribution in [0.3, 0.4) is 0 Å². The second-order valence-electron chi connectivity index (χ2n) is 5.79. The van der Waals surface area contributed by atoms with Gasteiger partial charge < -0.3 is 15.2 Å². The van der Waals surface area contributed by atoms with E-state index in [-0.39, 0.29) is 24.1 Å². The number of benzene rings is 1.